The van der Waals surface area contributed by atoms with E-state index < -0.39 is 5.82 Å². The van der Waals surface area contributed by atoms with E-state index in [9.17, 15) is 9.50 Å². The molecular formula is C14H19ClFN3OS. The maximum Gasteiger partial charge on any atom is 0.186 e. The van der Waals surface area contributed by atoms with Crippen LogP contribution in [0.4, 0.5) is 4.39 Å². The van der Waals surface area contributed by atoms with Crippen LogP contribution in [0.5, 0.6) is 5.75 Å². The average molecular weight is 332 g/mol. The lowest BCUT2D eigenvalue weighted by Gasteiger charge is -2.19. The quantitative estimate of drug-likeness (QED) is 0.451. The molecule has 0 unspecified atom stereocenters. The molecule has 0 bridgehead atoms. The molecule has 0 amide bonds. The summed E-state index contributed by atoms with van der Waals surface area (Å²) in [5.74, 6) is -0.759. The molecule has 0 aliphatic heterocycles. The molecule has 0 spiro atoms. The molecule has 4 nitrogen and oxygen atoms in total. The highest BCUT2D eigenvalue weighted by Gasteiger charge is 2.12. The SMILES string of the molecule is C/C(=N\NC(=S)NCC(C)(C)C)c1cc(F)cc(Cl)c1O. The summed E-state index contributed by atoms with van der Waals surface area (Å²) in [7, 11) is 0. The lowest BCUT2D eigenvalue weighted by atomic mass is 9.97. The van der Waals surface area contributed by atoms with Crippen molar-refractivity contribution in [1.82, 2.24) is 10.7 Å². The number of phenols is 1. The molecule has 0 heterocycles. The molecule has 0 aliphatic rings. The van der Waals surface area contributed by atoms with E-state index in [1.54, 1.807) is 6.92 Å². The first-order valence-electron chi connectivity index (χ1n) is 6.36. The predicted octanol–water partition coefficient (Wildman–Crippen LogP) is 3.42. The molecule has 116 valence electrons. The van der Waals surface area contributed by atoms with Crippen molar-refractivity contribution in [1.29, 1.82) is 0 Å². The first kappa shape index (κ1) is 17.7. The molecule has 3 N–H and O–H groups in total. The van der Waals surface area contributed by atoms with Gasteiger partial charge in [0.25, 0.3) is 0 Å². The molecule has 0 saturated carbocycles. The standard InChI is InChI=1S/C14H19ClFN3OS/c1-8(10-5-9(16)6-11(15)12(10)20)18-19-13(21)17-7-14(2,3)4/h5-6,20H,7H2,1-4H3,(H2,17,19,21)/b18-8+. The number of hydrazone groups is 1. The molecule has 7 heteroatoms. The smallest absolute Gasteiger partial charge is 0.186 e. The van der Waals surface area contributed by atoms with Crippen LogP contribution in [0, 0.1) is 11.2 Å². The Hall–Kier alpha value is -1.40. The number of rotatable bonds is 3. The van der Waals surface area contributed by atoms with E-state index in [0.29, 0.717) is 17.4 Å². The number of hydrogen-bond acceptors (Lipinski definition) is 3. The third-order valence-corrected chi connectivity index (χ3v) is 3.05. The van der Waals surface area contributed by atoms with Crippen molar-refractivity contribution in [2.24, 2.45) is 10.5 Å². The van der Waals surface area contributed by atoms with Gasteiger partial charge in [0, 0.05) is 12.1 Å². The van der Waals surface area contributed by atoms with Gasteiger partial charge in [-0.1, -0.05) is 32.4 Å². The molecule has 1 aromatic rings. The molecule has 21 heavy (non-hydrogen) atoms. The van der Waals surface area contributed by atoms with Crippen molar-refractivity contribution in [3.05, 3.63) is 28.5 Å². The number of phenolic OH excluding ortho intramolecular Hbond substituents is 1. The minimum atomic E-state index is -0.546. The van der Waals surface area contributed by atoms with E-state index in [1.807, 2.05) is 0 Å². The molecule has 1 aromatic carbocycles. The molecule has 0 atom stereocenters. The fraction of sp³-hybridized carbons (Fsp3) is 0.429. The highest BCUT2D eigenvalue weighted by atomic mass is 35.5. The van der Waals surface area contributed by atoms with Crippen LogP contribution in [0.1, 0.15) is 33.3 Å². The van der Waals surface area contributed by atoms with Gasteiger partial charge in [0.15, 0.2) is 5.11 Å². The Morgan fingerprint density at radius 3 is 2.62 bits per heavy atom. The number of nitrogens with one attached hydrogen (secondary N) is 2. The monoisotopic (exact) mass is 331 g/mol. The number of nitrogens with zero attached hydrogens (tertiary/aromatic N) is 1. The van der Waals surface area contributed by atoms with Crippen molar-refractivity contribution in [3.8, 4) is 5.75 Å². The van der Waals surface area contributed by atoms with Crippen LogP contribution in [-0.2, 0) is 0 Å². The van der Waals surface area contributed by atoms with E-state index in [2.05, 4.69) is 36.6 Å². The first-order chi connectivity index (χ1) is 9.60. The van der Waals surface area contributed by atoms with Crippen LogP contribution in [-0.4, -0.2) is 22.5 Å². The third kappa shape index (κ3) is 5.85. The molecule has 0 saturated heterocycles. The zero-order valence-corrected chi connectivity index (χ0v) is 14.0. The van der Waals surface area contributed by atoms with Crippen molar-refractivity contribution in [3.63, 3.8) is 0 Å². The Labute approximate surface area is 134 Å². The van der Waals surface area contributed by atoms with E-state index >= 15 is 0 Å². The van der Waals surface area contributed by atoms with Crippen LogP contribution in [0.25, 0.3) is 0 Å². The van der Waals surface area contributed by atoms with Crippen LogP contribution in [0.2, 0.25) is 5.02 Å². The molecule has 0 fully saturated rings. The number of thiocarbonyl (C=S) groups is 1. The summed E-state index contributed by atoms with van der Waals surface area (Å²) < 4.78 is 13.3. The summed E-state index contributed by atoms with van der Waals surface area (Å²) in [4.78, 5) is 0. The highest BCUT2D eigenvalue weighted by molar-refractivity contribution is 7.80. The minimum Gasteiger partial charge on any atom is -0.506 e. The molecule has 0 aromatic heterocycles. The topological polar surface area (TPSA) is 56.7 Å². The second kappa shape index (κ2) is 7.04. The van der Waals surface area contributed by atoms with Crippen LogP contribution in [0.3, 0.4) is 0 Å². The van der Waals surface area contributed by atoms with Gasteiger partial charge in [0.2, 0.25) is 0 Å². The lowest BCUT2D eigenvalue weighted by Crippen LogP contribution is -2.37. The zero-order valence-electron chi connectivity index (χ0n) is 12.4. The summed E-state index contributed by atoms with van der Waals surface area (Å²) in [6.07, 6.45) is 0. The summed E-state index contributed by atoms with van der Waals surface area (Å²) in [6, 6.07) is 2.20. The van der Waals surface area contributed by atoms with Gasteiger partial charge >= 0.3 is 0 Å². The molecule has 1 rings (SSSR count). The van der Waals surface area contributed by atoms with Crippen LogP contribution in [0.15, 0.2) is 17.2 Å². The number of benzene rings is 1. The number of aromatic hydroxyl groups is 1. The van der Waals surface area contributed by atoms with Crippen molar-refractivity contribution >= 4 is 34.6 Å². The number of halogens is 2. The maximum absolute atomic E-state index is 13.3. The highest BCUT2D eigenvalue weighted by Crippen LogP contribution is 2.28. The Morgan fingerprint density at radius 1 is 1.43 bits per heavy atom. The van der Waals surface area contributed by atoms with Gasteiger partial charge < -0.3 is 10.4 Å². The third-order valence-electron chi connectivity index (χ3n) is 2.52. The maximum atomic E-state index is 13.3. The van der Waals surface area contributed by atoms with Crippen LogP contribution >= 0.6 is 23.8 Å². The normalized spacial score (nSPS) is 12.2. The Bertz CT molecular complexity index is 570. The Balaban J connectivity index is 2.76. The Morgan fingerprint density at radius 2 is 2.05 bits per heavy atom. The first-order valence-corrected chi connectivity index (χ1v) is 7.15. The van der Waals surface area contributed by atoms with Crippen molar-refractivity contribution in [2.45, 2.75) is 27.7 Å². The summed E-state index contributed by atoms with van der Waals surface area (Å²) in [5.41, 5.74) is 3.32. The summed E-state index contributed by atoms with van der Waals surface area (Å²) in [5, 5.41) is 17.1. The van der Waals surface area contributed by atoms with Gasteiger partial charge in [-0.2, -0.15) is 5.10 Å². The van der Waals surface area contributed by atoms with E-state index in [1.165, 1.54) is 0 Å². The molecular weight excluding hydrogens is 313 g/mol. The van der Waals surface area contributed by atoms with E-state index in [-0.39, 0.29) is 21.8 Å². The Kier molecular flexibility index (Phi) is 5.92. The minimum absolute atomic E-state index is 0.0621. The van der Waals surface area contributed by atoms with Crippen molar-refractivity contribution in [2.75, 3.05) is 6.54 Å². The van der Waals surface area contributed by atoms with E-state index in [4.69, 9.17) is 23.8 Å². The second-order valence-electron chi connectivity index (χ2n) is 5.84. The summed E-state index contributed by atoms with van der Waals surface area (Å²) >= 11 is 10.8. The fourth-order valence-electron chi connectivity index (χ4n) is 1.42. The van der Waals surface area contributed by atoms with Gasteiger partial charge in [-0.15, -0.1) is 0 Å². The van der Waals surface area contributed by atoms with Crippen molar-refractivity contribution < 1.29 is 9.50 Å². The van der Waals surface area contributed by atoms with Gasteiger partial charge in [0.1, 0.15) is 11.6 Å². The fourth-order valence-corrected chi connectivity index (χ4v) is 1.75. The largest absolute Gasteiger partial charge is 0.506 e. The van der Waals surface area contributed by atoms with Gasteiger partial charge in [-0.25, -0.2) is 4.39 Å². The average Bonchev–Trinajstić information content (AvgIpc) is 2.36. The summed E-state index contributed by atoms with van der Waals surface area (Å²) in [6.45, 7) is 8.52. The number of hydrogen-bond donors (Lipinski definition) is 3. The molecule has 0 radical (unpaired) electrons. The van der Waals surface area contributed by atoms with Gasteiger partial charge in [0.05, 0.1) is 10.7 Å². The predicted molar refractivity (Wildman–Crippen MR) is 88.5 cm³/mol. The zero-order chi connectivity index (χ0) is 16.2. The van der Waals surface area contributed by atoms with Gasteiger partial charge in [-0.05, 0) is 36.7 Å². The van der Waals surface area contributed by atoms with Crippen LogP contribution < -0.4 is 10.7 Å². The van der Waals surface area contributed by atoms with E-state index in [0.717, 1.165) is 12.1 Å². The van der Waals surface area contributed by atoms with Gasteiger partial charge in [-0.3, -0.25) is 5.43 Å². The second-order valence-corrected chi connectivity index (χ2v) is 6.65. The lowest BCUT2D eigenvalue weighted by molar-refractivity contribution is 0.408. The molecule has 0 aliphatic carbocycles.